The Morgan fingerprint density at radius 2 is 2.23 bits per heavy atom. The van der Waals surface area contributed by atoms with Crippen molar-refractivity contribution < 1.29 is 9.21 Å². The number of aromatic nitrogens is 2. The monoisotopic (exact) mass is 301 g/mol. The van der Waals surface area contributed by atoms with E-state index in [1.54, 1.807) is 6.07 Å². The standard InChI is InChI=1S/C17H23N3O2/c1-12-5-4-8-19(10-12)17(21)16-7-6-15(22-16)11-20-14(3)9-13(2)18-20/h6-7,9,12H,4-5,8,10-11H2,1-3H3. The fourth-order valence-electron chi connectivity index (χ4n) is 3.09. The summed E-state index contributed by atoms with van der Waals surface area (Å²) in [5.74, 6) is 1.78. The van der Waals surface area contributed by atoms with Gasteiger partial charge in [-0.15, -0.1) is 0 Å². The zero-order valence-electron chi connectivity index (χ0n) is 13.5. The van der Waals surface area contributed by atoms with Crippen LogP contribution in [0.1, 0.15) is 47.5 Å². The van der Waals surface area contributed by atoms with Crippen molar-refractivity contribution in [2.24, 2.45) is 5.92 Å². The average molecular weight is 301 g/mol. The minimum Gasteiger partial charge on any atom is -0.454 e. The van der Waals surface area contributed by atoms with Crippen molar-refractivity contribution in [3.8, 4) is 0 Å². The molecule has 1 atom stereocenters. The van der Waals surface area contributed by atoms with Gasteiger partial charge in [0.25, 0.3) is 5.91 Å². The topological polar surface area (TPSA) is 51.3 Å². The molecule has 1 amide bonds. The van der Waals surface area contributed by atoms with Crippen molar-refractivity contribution >= 4 is 5.91 Å². The van der Waals surface area contributed by atoms with Gasteiger partial charge in [-0.05, 0) is 50.8 Å². The number of likely N-dealkylation sites (tertiary alicyclic amines) is 1. The van der Waals surface area contributed by atoms with E-state index in [1.165, 1.54) is 6.42 Å². The lowest BCUT2D eigenvalue weighted by Gasteiger charge is -2.30. The second kappa shape index (κ2) is 5.99. The highest BCUT2D eigenvalue weighted by Gasteiger charge is 2.24. The highest BCUT2D eigenvalue weighted by Crippen LogP contribution is 2.19. The highest BCUT2D eigenvalue weighted by molar-refractivity contribution is 5.91. The van der Waals surface area contributed by atoms with Crippen LogP contribution in [0, 0.1) is 19.8 Å². The zero-order valence-corrected chi connectivity index (χ0v) is 13.5. The number of hydrogen-bond acceptors (Lipinski definition) is 3. The first-order valence-corrected chi connectivity index (χ1v) is 7.92. The molecule has 118 valence electrons. The molecule has 5 nitrogen and oxygen atoms in total. The second-order valence-electron chi connectivity index (χ2n) is 6.35. The fraction of sp³-hybridized carbons (Fsp3) is 0.529. The van der Waals surface area contributed by atoms with Crippen LogP contribution in [0.25, 0.3) is 0 Å². The van der Waals surface area contributed by atoms with Gasteiger partial charge in [-0.2, -0.15) is 5.10 Å². The normalized spacial score (nSPS) is 18.7. The Kier molecular flexibility index (Phi) is 4.05. The lowest BCUT2D eigenvalue weighted by Crippen LogP contribution is -2.38. The Morgan fingerprint density at radius 1 is 1.41 bits per heavy atom. The van der Waals surface area contributed by atoms with Crippen molar-refractivity contribution in [3.05, 3.63) is 41.1 Å². The van der Waals surface area contributed by atoms with Gasteiger partial charge in [0, 0.05) is 18.8 Å². The third kappa shape index (κ3) is 3.08. The number of nitrogens with zero attached hydrogens (tertiary/aromatic N) is 3. The predicted octanol–water partition coefficient (Wildman–Crippen LogP) is 3.01. The molecule has 0 aliphatic carbocycles. The summed E-state index contributed by atoms with van der Waals surface area (Å²) in [7, 11) is 0. The largest absolute Gasteiger partial charge is 0.454 e. The van der Waals surface area contributed by atoms with Crippen molar-refractivity contribution in [1.82, 2.24) is 14.7 Å². The number of amides is 1. The molecule has 1 saturated heterocycles. The first-order chi connectivity index (χ1) is 10.5. The maximum absolute atomic E-state index is 12.5. The number of piperidine rings is 1. The summed E-state index contributed by atoms with van der Waals surface area (Å²) >= 11 is 0. The summed E-state index contributed by atoms with van der Waals surface area (Å²) in [5.41, 5.74) is 2.08. The van der Waals surface area contributed by atoms with Crippen molar-refractivity contribution in [2.75, 3.05) is 13.1 Å². The van der Waals surface area contributed by atoms with Crippen LogP contribution in [0.15, 0.2) is 22.6 Å². The summed E-state index contributed by atoms with van der Waals surface area (Å²) in [6, 6.07) is 5.68. The minimum atomic E-state index is 0.00571. The Labute approximate surface area is 130 Å². The average Bonchev–Trinajstić information content (AvgIpc) is 3.06. The van der Waals surface area contributed by atoms with E-state index in [-0.39, 0.29) is 5.91 Å². The molecule has 3 rings (SSSR count). The predicted molar refractivity (Wildman–Crippen MR) is 83.8 cm³/mol. The van der Waals surface area contributed by atoms with Crippen LogP contribution in [0.2, 0.25) is 0 Å². The van der Waals surface area contributed by atoms with Crippen LogP contribution in [-0.2, 0) is 6.54 Å². The van der Waals surface area contributed by atoms with Gasteiger partial charge in [0.15, 0.2) is 5.76 Å². The third-order valence-corrected chi connectivity index (χ3v) is 4.23. The fourth-order valence-corrected chi connectivity index (χ4v) is 3.09. The number of carbonyl (C=O) groups is 1. The molecule has 2 aromatic heterocycles. The maximum atomic E-state index is 12.5. The Balaban J connectivity index is 1.70. The summed E-state index contributed by atoms with van der Waals surface area (Å²) in [6.07, 6.45) is 2.28. The smallest absolute Gasteiger partial charge is 0.289 e. The zero-order chi connectivity index (χ0) is 15.7. The minimum absolute atomic E-state index is 0.00571. The maximum Gasteiger partial charge on any atom is 0.289 e. The van der Waals surface area contributed by atoms with E-state index in [0.717, 1.165) is 36.7 Å². The molecule has 1 unspecified atom stereocenters. The first-order valence-electron chi connectivity index (χ1n) is 7.92. The molecule has 0 radical (unpaired) electrons. The van der Waals surface area contributed by atoms with Crippen molar-refractivity contribution in [3.63, 3.8) is 0 Å². The Hall–Kier alpha value is -2.04. The van der Waals surface area contributed by atoms with Crippen LogP contribution < -0.4 is 0 Å². The lowest BCUT2D eigenvalue weighted by atomic mass is 10.0. The van der Waals surface area contributed by atoms with Crippen LogP contribution in [0.3, 0.4) is 0 Å². The van der Waals surface area contributed by atoms with Crippen molar-refractivity contribution in [1.29, 1.82) is 0 Å². The van der Waals surface area contributed by atoms with Gasteiger partial charge in [-0.1, -0.05) is 6.92 Å². The molecule has 0 N–H and O–H groups in total. The van der Waals surface area contributed by atoms with Crippen LogP contribution in [-0.4, -0.2) is 33.7 Å². The molecule has 3 heterocycles. The molecule has 2 aromatic rings. The number of hydrogen-bond donors (Lipinski definition) is 0. The van der Waals surface area contributed by atoms with Gasteiger partial charge in [0.2, 0.25) is 0 Å². The van der Waals surface area contributed by atoms with Gasteiger partial charge < -0.3 is 9.32 Å². The molecule has 1 aliphatic rings. The van der Waals surface area contributed by atoms with E-state index < -0.39 is 0 Å². The molecule has 0 spiro atoms. The Bertz CT molecular complexity index is 671. The number of rotatable bonds is 3. The van der Waals surface area contributed by atoms with E-state index in [1.807, 2.05) is 35.6 Å². The van der Waals surface area contributed by atoms with Gasteiger partial charge in [0.05, 0.1) is 12.2 Å². The third-order valence-electron chi connectivity index (χ3n) is 4.23. The number of carbonyl (C=O) groups excluding carboxylic acids is 1. The van der Waals surface area contributed by atoms with Crippen LogP contribution in [0.5, 0.6) is 0 Å². The van der Waals surface area contributed by atoms with E-state index in [0.29, 0.717) is 18.2 Å². The van der Waals surface area contributed by atoms with Gasteiger partial charge >= 0.3 is 0 Å². The lowest BCUT2D eigenvalue weighted by molar-refractivity contribution is 0.0648. The van der Waals surface area contributed by atoms with E-state index in [9.17, 15) is 4.79 Å². The molecule has 22 heavy (non-hydrogen) atoms. The first kappa shape index (κ1) is 14.9. The molecular formula is C17H23N3O2. The van der Waals surface area contributed by atoms with Crippen LogP contribution >= 0.6 is 0 Å². The van der Waals surface area contributed by atoms with Crippen LogP contribution in [0.4, 0.5) is 0 Å². The molecular weight excluding hydrogens is 278 g/mol. The van der Waals surface area contributed by atoms with E-state index >= 15 is 0 Å². The molecule has 1 aliphatic heterocycles. The molecule has 1 fully saturated rings. The van der Waals surface area contributed by atoms with Gasteiger partial charge in [0.1, 0.15) is 5.76 Å². The van der Waals surface area contributed by atoms with E-state index in [2.05, 4.69) is 12.0 Å². The number of furan rings is 1. The van der Waals surface area contributed by atoms with E-state index in [4.69, 9.17) is 4.42 Å². The highest BCUT2D eigenvalue weighted by atomic mass is 16.4. The van der Waals surface area contributed by atoms with Gasteiger partial charge in [-0.25, -0.2) is 0 Å². The summed E-state index contributed by atoms with van der Waals surface area (Å²) in [5, 5.41) is 4.42. The summed E-state index contributed by atoms with van der Waals surface area (Å²) < 4.78 is 7.64. The SMILES string of the molecule is Cc1cc(C)n(Cc2ccc(C(=O)N3CCCC(C)C3)o2)n1. The summed E-state index contributed by atoms with van der Waals surface area (Å²) in [4.78, 5) is 14.4. The summed E-state index contributed by atoms with van der Waals surface area (Å²) in [6.45, 7) is 8.39. The second-order valence-corrected chi connectivity index (χ2v) is 6.35. The van der Waals surface area contributed by atoms with Gasteiger partial charge in [-0.3, -0.25) is 9.48 Å². The molecule has 0 bridgehead atoms. The molecule has 5 heteroatoms. The Morgan fingerprint density at radius 3 is 2.91 bits per heavy atom. The molecule has 0 aromatic carbocycles. The number of aryl methyl sites for hydroxylation is 2. The van der Waals surface area contributed by atoms with Crippen molar-refractivity contribution in [2.45, 2.75) is 40.2 Å². The quantitative estimate of drug-likeness (QED) is 0.875. The molecule has 0 saturated carbocycles.